The first-order valence-corrected chi connectivity index (χ1v) is 6.62. The van der Waals surface area contributed by atoms with E-state index in [1.54, 1.807) is 0 Å². The van der Waals surface area contributed by atoms with Gasteiger partial charge in [-0.05, 0) is 23.8 Å². The lowest BCUT2D eigenvalue weighted by Crippen LogP contribution is -2.30. The fourth-order valence-electron chi connectivity index (χ4n) is 2.33. The number of carbonyl (C=O) groups is 2. The first kappa shape index (κ1) is 13.6. The van der Waals surface area contributed by atoms with Crippen molar-refractivity contribution in [1.82, 2.24) is 5.32 Å². The molecular formula is C15H19NO3. The molecule has 2 N–H and O–H groups in total. The highest BCUT2D eigenvalue weighted by Crippen LogP contribution is 2.47. The van der Waals surface area contributed by atoms with Crippen molar-refractivity contribution in [2.75, 3.05) is 6.54 Å². The summed E-state index contributed by atoms with van der Waals surface area (Å²) in [4.78, 5) is 22.4. The summed E-state index contributed by atoms with van der Waals surface area (Å²) in [5.41, 5.74) is 1.21. The highest BCUT2D eigenvalue weighted by Gasteiger charge is 2.43. The van der Waals surface area contributed by atoms with E-state index in [2.05, 4.69) is 5.32 Å². The van der Waals surface area contributed by atoms with E-state index in [0.29, 0.717) is 12.5 Å². The molecule has 1 amide bonds. The normalized spacial score (nSPS) is 22.6. The molecule has 1 aromatic carbocycles. The predicted molar refractivity (Wildman–Crippen MR) is 71.7 cm³/mol. The average molecular weight is 261 g/mol. The molecule has 1 aliphatic rings. The standard InChI is InChI=1S/C15H19NO3/c1-10(7-14(17)18)9-16-15(19)13-8-12(13)11-5-3-2-4-6-11/h2-6,10,12-13H,7-9H2,1H3,(H,16,19)(H,17,18). The lowest BCUT2D eigenvalue weighted by molar-refractivity contribution is -0.138. The molecule has 19 heavy (non-hydrogen) atoms. The average Bonchev–Trinajstić information content (AvgIpc) is 3.16. The number of aliphatic carboxylic acids is 1. The monoisotopic (exact) mass is 261 g/mol. The van der Waals surface area contributed by atoms with Crippen LogP contribution in [-0.2, 0) is 9.59 Å². The summed E-state index contributed by atoms with van der Waals surface area (Å²) in [7, 11) is 0. The maximum Gasteiger partial charge on any atom is 0.303 e. The zero-order valence-corrected chi connectivity index (χ0v) is 11.0. The van der Waals surface area contributed by atoms with Crippen LogP contribution in [0.25, 0.3) is 0 Å². The minimum atomic E-state index is -0.824. The van der Waals surface area contributed by atoms with Crippen molar-refractivity contribution >= 4 is 11.9 Å². The van der Waals surface area contributed by atoms with Gasteiger partial charge in [-0.2, -0.15) is 0 Å². The van der Waals surface area contributed by atoms with Crippen molar-refractivity contribution in [3.8, 4) is 0 Å². The van der Waals surface area contributed by atoms with E-state index in [0.717, 1.165) is 6.42 Å². The second-order valence-electron chi connectivity index (χ2n) is 5.31. The van der Waals surface area contributed by atoms with E-state index in [4.69, 9.17) is 5.11 Å². The zero-order valence-electron chi connectivity index (χ0n) is 11.0. The second kappa shape index (κ2) is 5.87. The summed E-state index contributed by atoms with van der Waals surface area (Å²) >= 11 is 0. The molecule has 1 saturated carbocycles. The van der Waals surface area contributed by atoms with Gasteiger partial charge < -0.3 is 10.4 Å². The van der Waals surface area contributed by atoms with Gasteiger partial charge in [-0.15, -0.1) is 0 Å². The van der Waals surface area contributed by atoms with Crippen LogP contribution in [0.4, 0.5) is 0 Å². The topological polar surface area (TPSA) is 66.4 Å². The van der Waals surface area contributed by atoms with Crippen LogP contribution in [0.1, 0.15) is 31.2 Å². The first-order valence-electron chi connectivity index (χ1n) is 6.62. The Balaban J connectivity index is 1.76. The molecule has 0 aromatic heterocycles. The Kier molecular flexibility index (Phi) is 4.20. The molecule has 1 aliphatic carbocycles. The van der Waals surface area contributed by atoms with E-state index >= 15 is 0 Å². The van der Waals surface area contributed by atoms with Crippen molar-refractivity contribution in [2.45, 2.75) is 25.7 Å². The van der Waals surface area contributed by atoms with Crippen LogP contribution in [0, 0.1) is 11.8 Å². The van der Waals surface area contributed by atoms with Gasteiger partial charge in [0.15, 0.2) is 0 Å². The molecule has 0 radical (unpaired) electrons. The molecule has 3 unspecified atom stereocenters. The molecule has 102 valence electrons. The maximum absolute atomic E-state index is 11.9. The van der Waals surface area contributed by atoms with Crippen LogP contribution in [0.2, 0.25) is 0 Å². The molecule has 0 bridgehead atoms. The van der Waals surface area contributed by atoms with Gasteiger partial charge in [0.25, 0.3) is 0 Å². The summed E-state index contributed by atoms with van der Waals surface area (Å²) in [5, 5.41) is 11.5. The number of amides is 1. The van der Waals surface area contributed by atoms with Crippen molar-refractivity contribution in [1.29, 1.82) is 0 Å². The molecule has 1 aromatic rings. The third kappa shape index (κ3) is 3.81. The highest BCUT2D eigenvalue weighted by molar-refractivity contribution is 5.82. The quantitative estimate of drug-likeness (QED) is 0.823. The third-order valence-corrected chi connectivity index (χ3v) is 3.50. The van der Waals surface area contributed by atoms with Gasteiger partial charge in [0.05, 0.1) is 0 Å². The summed E-state index contributed by atoms with van der Waals surface area (Å²) < 4.78 is 0. The molecule has 0 heterocycles. The third-order valence-electron chi connectivity index (χ3n) is 3.50. The van der Waals surface area contributed by atoms with E-state index in [1.807, 2.05) is 37.3 Å². The molecule has 0 saturated heterocycles. The van der Waals surface area contributed by atoms with Crippen molar-refractivity contribution in [3.63, 3.8) is 0 Å². The van der Waals surface area contributed by atoms with Gasteiger partial charge in [0.2, 0.25) is 5.91 Å². The molecule has 3 atom stereocenters. The Morgan fingerprint density at radius 3 is 2.68 bits per heavy atom. The number of carboxylic acids is 1. The van der Waals surface area contributed by atoms with Gasteiger partial charge in [0.1, 0.15) is 0 Å². The fourth-order valence-corrected chi connectivity index (χ4v) is 2.33. The van der Waals surface area contributed by atoms with Crippen molar-refractivity contribution < 1.29 is 14.7 Å². The van der Waals surface area contributed by atoms with Crippen LogP contribution in [0.5, 0.6) is 0 Å². The number of benzene rings is 1. The van der Waals surface area contributed by atoms with Crippen LogP contribution in [-0.4, -0.2) is 23.5 Å². The summed E-state index contributed by atoms with van der Waals surface area (Å²) in [5.74, 6) is -0.424. The zero-order chi connectivity index (χ0) is 13.8. The molecular weight excluding hydrogens is 242 g/mol. The van der Waals surface area contributed by atoms with Crippen LogP contribution >= 0.6 is 0 Å². The van der Waals surface area contributed by atoms with Gasteiger partial charge in [-0.1, -0.05) is 37.3 Å². The summed E-state index contributed by atoms with van der Waals surface area (Å²) in [6, 6.07) is 10.0. The van der Waals surface area contributed by atoms with Crippen LogP contribution in [0.3, 0.4) is 0 Å². The van der Waals surface area contributed by atoms with E-state index in [-0.39, 0.29) is 24.2 Å². The van der Waals surface area contributed by atoms with E-state index in [9.17, 15) is 9.59 Å². The number of rotatable bonds is 6. The van der Waals surface area contributed by atoms with Crippen molar-refractivity contribution in [3.05, 3.63) is 35.9 Å². The van der Waals surface area contributed by atoms with Gasteiger partial charge in [-0.3, -0.25) is 9.59 Å². The summed E-state index contributed by atoms with van der Waals surface area (Å²) in [6.07, 6.45) is 0.982. The Labute approximate surface area is 112 Å². The first-order chi connectivity index (χ1) is 9.08. The number of hydrogen-bond acceptors (Lipinski definition) is 2. The molecule has 0 aliphatic heterocycles. The number of nitrogens with one attached hydrogen (secondary N) is 1. The molecule has 4 nitrogen and oxygen atoms in total. The smallest absolute Gasteiger partial charge is 0.303 e. The second-order valence-corrected chi connectivity index (χ2v) is 5.31. The minimum Gasteiger partial charge on any atom is -0.481 e. The minimum absolute atomic E-state index is 0.0321. The Bertz CT molecular complexity index is 458. The number of carbonyl (C=O) groups excluding carboxylic acids is 1. The predicted octanol–water partition coefficient (Wildman–Crippen LogP) is 2.02. The maximum atomic E-state index is 11.9. The molecule has 2 rings (SSSR count). The lowest BCUT2D eigenvalue weighted by atomic mass is 10.1. The Hall–Kier alpha value is -1.84. The van der Waals surface area contributed by atoms with Crippen molar-refractivity contribution in [2.24, 2.45) is 11.8 Å². The SMILES string of the molecule is CC(CNC(=O)C1CC1c1ccccc1)CC(=O)O. The van der Waals surface area contributed by atoms with Gasteiger partial charge in [-0.25, -0.2) is 0 Å². The van der Waals surface area contributed by atoms with E-state index in [1.165, 1.54) is 5.56 Å². The van der Waals surface area contributed by atoms with Crippen LogP contribution in [0.15, 0.2) is 30.3 Å². The Morgan fingerprint density at radius 2 is 2.05 bits per heavy atom. The van der Waals surface area contributed by atoms with Gasteiger partial charge >= 0.3 is 5.97 Å². The number of hydrogen-bond donors (Lipinski definition) is 2. The fraction of sp³-hybridized carbons (Fsp3) is 0.467. The van der Waals surface area contributed by atoms with Crippen LogP contribution < -0.4 is 5.32 Å². The molecule has 4 heteroatoms. The molecule has 1 fully saturated rings. The molecule has 0 spiro atoms. The Morgan fingerprint density at radius 1 is 1.37 bits per heavy atom. The lowest BCUT2D eigenvalue weighted by Gasteiger charge is -2.10. The van der Waals surface area contributed by atoms with Gasteiger partial charge in [0, 0.05) is 18.9 Å². The number of carboxylic acid groups (broad SMARTS) is 1. The largest absolute Gasteiger partial charge is 0.481 e. The highest BCUT2D eigenvalue weighted by atomic mass is 16.4. The van der Waals surface area contributed by atoms with E-state index < -0.39 is 5.97 Å². The summed E-state index contributed by atoms with van der Waals surface area (Å²) in [6.45, 7) is 2.26.